The zero-order valence-corrected chi connectivity index (χ0v) is 8.75. The van der Waals surface area contributed by atoms with Gasteiger partial charge in [-0.3, -0.25) is 4.99 Å². The second-order valence-corrected chi connectivity index (χ2v) is 3.37. The average molecular weight is 185 g/mol. The SMILES string of the molecule is C=C(C)/C=N\C(=C)c1ccccc1C. The average Bonchev–Trinajstić information content (AvgIpc) is 2.15. The molecule has 1 nitrogen and oxygen atoms in total. The van der Waals surface area contributed by atoms with Gasteiger partial charge < -0.3 is 0 Å². The molecule has 1 heteroatoms. The third kappa shape index (κ3) is 2.70. The van der Waals surface area contributed by atoms with Crippen LogP contribution in [0.1, 0.15) is 18.1 Å². The molecule has 0 saturated heterocycles. The Labute approximate surface area is 85.5 Å². The third-order valence-corrected chi connectivity index (χ3v) is 1.90. The summed E-state index contributed by atoms with van der Waals surface area (Å²) in [5.74, 6) is 0. The van der Waals surface area contributed by atoms with Gasteiger partial charge >= 0.3 is 0 Å². The monoisotopic (exact) mass is 185 g/mol. The van der Waals surface area contributed by atoms with Crippen LogP contribution < -0.4 is 0 Å². The molecule has 1 aromatic carbocycles. The molecule has 0 bridgehead atoms. The summed E-state index contributed by atoms with van der Waals surface area (Å²) in [5, 5.41) is 0. The molecular weight excluding hydrogens is 170 g/mol. The van der Waals surface area contributed by atoms with Crippen molar-refractivity contribution >= 4 is 11.9 Å². The summed E-state index contributed by atoms with van der Waals surface area (Å²) < 4.78 is 0. The number of hydrogen-bond acceptors (Lipinski definition) is 1. The molecule has 0 amide bonds. The highest BCUT2D eigenvalue weighted by atomic mass is 14.7. The second kappa shape index (κ2) is 4.56. The summed E-state index contributed by atoms with van der Waals surface area (Å²) in [6.07, 6.45) is 1.73. The fraction of sp³-hybridized carbons (Fsp3) is 0.154. The number of rotatable bonds is 3. The topological polar surface area (TPSA) is 12.4 Å². The minimum absolute atomic E-state index is 0.783. The minimum atomic E-state index is 0.783. The van der Waals surface area contributed by atoms with Gasteiger partial charge in [0, 0.05) is 11.8 Å². The lowest BCUT2D eigenvalue weighted by atomic mass is 10.1. The molecule has 0 aliphatic rings. The Morgan fingerprint density at radius 2 is 1.93 bits per heavy atom. The maximum absolute atomic E-state index is 4.24. The van der Waals surface area contributed by atoms with Crippen LogP contribution in [0.5, 0.6) is 0 Å². The largest absolute Gasteiger partial charge is 0.257 e. The summed E-state index contributed by atoms with van der Waals surface area (Å²) in [4.78, 5) is 4.24. The van der Waals surface area contributed by atoms with E-state index >= 15 is 0 Å². The van der Waals surface area contributed by atoms with Crippen LogP contribution in [0.2, 0.25) is 0 Å². The van der Waals surface area contributed by atoms with Crippen molar-refractivity contribution in [2.45, 2.75) is 13.8 Å². The van der Waals surface area contributed by atoms with Gasteiger partial charge in [0.05, 0.1) is 5.70 Å². The molecule has 0 atom stereocenters. The summed E-state index contributed by atoms with van der Waals surface area (Å²) in [6, 6.07) is 8.07. The molecule has 0 spiro atoms. The van der Waals surface area contributed by atoms with Crippen LogP contribution in [0.3, 0.4) is 0 Å². The Morgan fingerprint density at radius 3 is 2.50 bits per heavy atom. The number of allylic oxidation sites excluding steroid dienone is 1. The van der Waals surface area contributed by atoms with E-state index in [1.165, 1.54) is 5.56 Å². The first-order valence-electron chi connectivity index (χ1n) is 4.55. The van der Waals surface area contributed by atoms with Gasteiger partial charge in [0.15, 0.2) is 0 Å². The molecule has 0 aliphatic heterocycles. The van der Waals surface area contributed by atoms with Crippen molar-refractivity contribution in [3.8, 4) is 0 Å². The lowest BCUT2D eigenvalue weighted by Gasteiger charge is -2.03. The quantitative estimate of drug-likeness (QED) is 0.638. The molecule has 14 heavy (non-hydrogen) atoms. The molecule has 1 rings (SSSR count). The Balaban J connectivity index is 2.91. The Hall–Kier alpha value is -1.63. The van der Waals surface area contributed by atoms with E-state index in [9.17, 15) is 0 Å². The predicted molar refractivity (Wildman–Crippen MR) is 63.5 cm³/mol. The zero-order chi connectivity index (χ0) is 10.6. The van der Waals surface area contributed by atoms with Crippen LogP contribution in [0.25, 0.3) is 5.70 Å². The molecule has 0 radical (unpaired) electrons. The first kappa shape index (κ1) is 10.5. The third-order valence-electron chi connectivity index (χ3n) is 1.90. The van der Waals surface area contributed by atoms with Gasteiger partial charge in [-0.25, -0.2) is 0 Å². The van der Waals surface area contributed by atoms with Crippen molar-refractivity contribution in [1.82, 2.24) is 0 Å². The van der Waals surface area contributed by atoms with Crippen LogP contribution in [-0.4, -0.2) is 6.21 Å². The molecule has 1 aromatic rings. The fourth-order valence-corrected chi connectivity index (χ4v) is 1.15. The smallest absolute Gasteiger partial charge is 0.0632 e. The molecule has 0 aliphatic carbocycles. The summed E-state index contributed by atoms with van der Waals surface area (Å²) in [6.45, 7) is 11.6. The summed E-state index contributed by atoms with van der Waals surface area (Å²) in [5.41, 5.74) is 3.99. The fourth-order valence-electron chi connectivity index (χ4n) is 1.15. The maximum Gasteiger partial charge on any atom is 0.0632 e. The normalized spacial score (nSPS) is 10.4. The van der Waals surface area contributed by atoms with Gasteiger partial charge in [-0.1, -0.05) is 37.4 Å². The van der Waals surface area contributed by atoms with E-state index in [2.05, 4.69) is 31.1 Å². The van der Waals surface area contributed by atoms with E-state index in [-0.39, 0.29) is 0 Å². The first-order chi connectivity index (χ1) is 6.61. The Kier molecular flexibility index (Phi) is 3.41. The van der Waals surface area contributed by atoms with Crippen molar-refractivity contribution in [1.29, 1.82) is 0 Å². The summed E-state index contributed by atoms with van der Waals surface area (Å²) >= 11 is 0. The Bertz CT molecular complexity index is 386. The van der Waals surface area contributed by atoms with E-state index in [0.29, 0.717) is 0 Å². The number of aryl methyl sites for hydroxylation is 1. The number of benzene rings is 1. The number of hydrogen-bond donors (Lipinski definition) is 0. The second-order valence-electron chi connectivity index (χ2n) is 3.37. The number of nitrogens with zero attached hydrogens (tertiary/aromatic N) is 1. The van der Waals surface area contributed by atoms with Crippen LogP contribution in [0, 0.1) is 6.92 Å². The lowest BCUT2D eigenvalue weighted by Crippen LogP contribution is -1.85. The standard InChI is InChI=1S/C13H15N/c1-10(2)9-14-12(4)13-8-6-5-7-11(13)3/h5-9H,1,4H2,2-3H3/b14-9-. The molecule has 0 unspecified atom stereocenters. The maximum atomic E-state index is 4.24. The molecule has 0 heterocycles. The van der Waals surface area contributed by atoms with Gasteiger partial charge in [-0.05, 0) is 25.0 Å². The van der Waals surface area contributed by atoms with Gasteiger partial charge in [0.1, 0.15) is 0 Å². The highest BCUT2D eigenvalue weighted by molar-refractivity contribution is 5.83. The molecule has 0 saturated carbocycles. The van der Waals surface area contributed by atoms with Crippen LogP contribution >= 0.6 is 0 Å². The molecular formula is C13H15N. The number of aliphatic imine (C=N–C) groups is 1. The van der Waals surface area contributed by atoms with Crippen LogP contribution in [0.4, 0.5) is 0 Å². The van der Waals surface area contributed by atoms with Crippen molar-refractivity contribution in [2.24, 2.45) is 4.99 Å². The first-order valence-corrected chi connectivity index (χ1v) is 4.55. The van der Waals surface area contributed by atoms with Crippen molar-refractivity contribution in [3.63, 3.8) is 0 Å². The van der Waals surface area contributed by atoms with Crippen molar-refractivity contribution in [3.05, 3.63) is 54.1 Å². The molecule has 0 aromatic heterocycles. The highest BCUT2D eigenvalue weighted by Crippen LogP contribution is 2.17. The molecule has 0 N–H and O–H groups in total. The van der Waals surface area contributed by atoms with Crippen molar-refractivity contribution in [2.75, 3.05) is 0 Å². The van der Waals surface area contributed by atoms with E-state index < -0.39 is 0 Å². The van der Waals surface area contributed by atoms with Gasteiger partial charge in [0.2, 0.25) is 0 Å². The van der Waals surface area contributed by atoms with Crippen LogP contribution in [-0.2, 0) is 0 Å². The highest BCUT2D eigenvalue weighted by Gasteiger charge is 1.98. The van der Waals surface area contributed by atoms with E-state index in [1.54, 1.807) is 6.21 Å². The van der Waals surface area contributed by atoms with Gasteiger partial charge in [0.25, 0.3) is 0 Å². The van der Waals surface area contributed by atoms with E-state index in [4.69, 9.17) is 0 Å². The lowest BCUT2D eigenvalue weighted by molar-refractivity contribution is 1.39. The minimum Gasteiger partial charge on any atom is -0.257 e. The van der Waals surface area contributed by atoms with Gasteiger partial charge in [-0.2, -0.15) is 0 Å². The van der Waals surface area contributed by atoms with Gasteiger partial charge in [-0.15, -0.1) is 0 Å². The van der Waals surface area contributed by atoms with E-state index in [0.717, 1.165) is 16.8 Å². The zero-order valence-electron chi connectivity index (χ0n) is 8.75. The van der Waals surface area contributed by atoms with Crippen LogP contribution in [0.15, 0.2) is 48.0 Å². The summed E-state index contributed by atoms with van der Waals surface area (Å²) in [7, 11) is 0. The Morgan fingerprint density at radius 1 is 1.29 bits per heavy atom. The van der Waals surface area contributed by atoms with Crippen molar-refractivity contribution < 1.29 is 0 Å². The molecule has 0 fully saturated rings. The predicted octanol–water partition coefficient (Wildman–Crippen LogP) is 3.61. The van der Waals surface area contributed by atoms with E-state index in [1.807, 2.05) is 25.1 Å². The molecule has 72 valence electrons.